The summed E-state index contributed by atoms with van der Waals surface area (Å²) in [7, 11) is 0. The van der Waals surface area contributed by atoms with Crippen LogP contribution in [0.1, 0.15) is 17.3 Å². The third kappa shape index (κ3) is 3.23. The molecule has 24 heavy (non-hydrogen) atoms. The molecule has 0 bridgehead atoms. The quantitative estimate of drug-likeness (QED) is 0.703. The molecule has 2 aromatic carbocycles. The number of carbonyl (C=O) groups excluding carboxylic acids is 1. The minimum Gasteiger partial charge on any atom is -0.331 e. The predicted octanol–water partition coefficient (Wildman–Crippen LogP) is 4.72. The second kappa shape index (κ2) is 6.97. The van der Waals surface area contributed by atoms with Gasteiger partial charge in [0.15, 0.2) is 0 Å². The fraction of sp³-hybridized carbons (Fsp3) is 0.111. The standard InChI is InChI=1S/C18H15BrFN3O/c1-2-23-10-9-21-17(23)12-5-3-6-13(11-12)22-18(24)16-14(19)7-4-8-15(16)20/h3-11H,2H2,1H3,(H,22,24). The van der Waals surface area contributed by atoms with Gasteiger partial charge in [0.05, 0.1) is 5.56 Å². The topological polar surface area (TPSA) is 46.9 Å². The number of anilines is 1. The van der Waals surface area contributed by atoms with E-state index in [0.717, 1.165) is 17.9 Å². The van der Waals surface area contributed by atoms with Gasteiger partial charge in [0.25, 0.3) is 5.91 Å². The van der Waals surface area contributed by atoms with E-state index in [1.807, 2.05) is 35.9 Å². The molecule has 0 atom stereocenters. The first kappa shape index (κ1) is 16.4. The maximum absolute atomic E-state index is 13.9. The third-order valence-corrected chi connectivity index (χ3v) is 4.29. The van der Waals surface area contributed by atoms with Crippen LogP contribution in [0, 0.1) is 5.82 Å². The maximum Gasteiger partial charge on any atom is 0.259 e. The summed E-state index contributed by atoms with van der Waals surface area (Å²) >= 11 is 3.21. The second-order valence-electron chi connectivity index (χ2n) is 5.17. The first-order valence-corrected chi connectivity index (χ1v) is 8.26. The molecule has 1 heterocycles. The third-order valence-electron chi connectivity index (χ3n) is 3.62. The van der Waals surface area contributed by atoms with Crippen molar-refractivity contribution in [2.75, 3.05) is 5.32 Å². The number of benzene rings is 2. The van der Waals surface area contributed by atoms with Gasteiger partial charge in [-0.05, 0) is 47.1 Å². The number of rotatable bonds is 4. The van der Waals surface area contributed by atoms with Crippen LogP contribution in [0.25, 0.3) is 11.4 Å². The summed E-state index contributed by atoms with van der Waals surface area (Å²) in [4.78, 5) is 16.7. The van der Waals surface area contributed by atoms with Crippen LogP contribution in [0.3, 0.4) is 0 Å². The van der Waals surface area contributed by atoms with Gasteiger partial charge in [-0.2, -0.15) is 0 Å². The van der Waals surface area contributed by atoms with Crippen molar-refractivity contribution in [2.45, 2.75) is 13.5 Å². The molecule has 1 amide bonds. The van der Waals surface area contributed by atoms with Gasteiger partial charge in [-0.1, -0.05) is 18.2 Å². The summed E-state index contributed by atoms with van der Waals surface area (Å²) in [6.45, 7) is 2.83. The summed E-state index contributed by atoms with van der Waals surface area (Å²) in [6.07, 6.45) is 3.64. The van der Waals surface area contributed by atoms with E-state index >= 15 is 0 Å². The van der Waals surface area contributed by atoms with Crippen LogP contribution in [0.4, 0.5) is 10.1 Å². The summed E-state index contributed by atoms with van der Waals surface area (Å²) in [5.74, 6) is -0.254. The van der Waals surface area contributed by atoms with Crippen LogP contribution in [-0.2, 0) is 6.54 Å². The number of hydrogen-bond donors (Lipinski definition) is 1. The fourth-order valence-electron chi connectivity index (χ4n) is 2.47. The van der Waals surface area contributed by atoms with E-state index in [2.05, 4.69) is 26.2 Å². The van der Waals surface area contributed by atoms with Gasteiger partial charge in [0.2, 0.25) is 0 Å². The van der Waals surface area contributed by atoms with Crippen molar-refractivity contribution in [3.63, 3.8) is 0 Å². The monoisotopic (exact) mass is 387 g/mol. The largest absolute Gasteiger partial charge is 0.331 e. The average molecular weight is 388 g/mol. The fourth-order valence-corrected chi connectivity index (χ4v) is 2.99. The molecule has 122 valence electrons. The van der Waals surface area contributed by atoms with Gasteiger partial charge >= 0.3 is 0 Å². The van der Waals surface area contributed by atoms with Crippen molar-refractivity contribution >= 4 is 27.5 Å². The van der Waals surface area contributed by atoms with E-state index in [9.17, 15) is 9.18 Å². The van der Waals surface area contributed by atoms with E-state index < -0.39 is 11.7 Å². The molecule has 0 aliphatic heterocycles. The molecule has 3 aromatic rings. The van der Waals surface area contributed by atoms with Crippen LogP contribution < -0.4 is 5.32 Å². The minimum atomic E-state index is -0.570. The van der Waals surface area contributed by atoms with E-state index in [0.29, 0.717) is 10.2 Å². The van der Waals surface area contributed by atoms with Crippen LogP contribution in [0.15, 0.2) is 59.3 Å². The van der Waals surface area contributed by atoms with Crippen LogP contribution >= 0.6 is 15.9 Å². The summed E-state index contributed by atoms with van der Waals surface area (Å²) < 4.78 is 16.3. The summed E-state index contributed by atoms with van der Waals surface area (Å²) in [5.41, 5.74) is 1.45. The molecule has 0 unspecified atom stereocenters. The van der Waals surface area contributed by atoms with Crippen LogP contribution in [0.2, 0.25) is 0 Å². The van der Waals surface area contributed by atoms with Crippen molar-refractivity contribution in [1.29, 1.82) is 0 Å². The van der Waals surface area contributed by atoms with E-state index in [4.69, 9.17) is 0 Å². The number of nitrogens with one attached hydrogen (secondary N) is 1. The molecule has 6 heteroatoms. The molecule has 4 nitrogen and oxygen atoms in total. The lowest BCUT2D eigenvalue weighted by Crippen LogP contribution is -2.14. The van der Waals surface area contributed by atoms with E-state index in [1.54, 1.807) is 24.4 Å². The summed E-state index contributed by atoms with van der Waals surface area (Å²) in [5, 5.41) is 2.73. The zero-order valence-electron chi connectivity index (χ0n) is 13.0. The number of nitrogens with zero attached hydrogens (tertiary/aromatic N) is 2. The van der Waals surface area contributed by atoms with Crippen molar-refractivity contribution in [1.82, 2.24) is 9.55 Å². The Balaban J connectivity index is 1.89. The lowest BCUT2D eigenvalue weighted by Gasteiger charge is -2.10. The van der Waals surface area contributed by atoms with Crippen molar-refractivity contribution < 1.29 is 9.18 Å². The Morgan fingerprint density at radius 3 is 2.83 bits per heavy atom. The zero-order valence-corrected chi connectivity index (χ0v) is 14.5. The highest BCUT2D eigenvalue weighted by atomic mass is 79.9. The average Bonchev–Trinajstić information content (AvgIpc) is 3.03. The van der Waals surface area contributed by atoms with Crippen molar-refractivity contribution in [3.8, 4) is 11.4 Å². The van der Waals surface area contributed by atoms with Gasteiger partial charge in [0.1, 0.15) is 11.6 Å². The van der Waals surface area contributed by atoms with Gasteiger partial charge in [0, 0.05) is 34.7 Å². The predicted molar refractivity (Wildman–Crippen MR) is 95.4 cm³/mol. The number of carbonyl (C=O) groups is 1. The van der Waals surface area contributed by atoms with Gasteiger partial charge in [-0.15, -0.1) is 0 Å². The number of halogens is 2. The molecular weight excluding hydrogens is 373 g/mol. The zero-order chi connectivity index (χ0) is 17.1. The molecule has 0 fully saturated rings. The SMILES string of the molecule is CCn1ccnc1-c1cccc(NC(=O)c2c(F)cccc2Br)c1. The highest BCUT2D eigenvalue weighted by molar-refractivity contribution is 9.10. The highest BCUT2D eigenvalue weighted by Crippen LogP contribution is 2.24. The normalized spacial score (nSPS) is 10.6. The summed E-state index contributed by atoms with van der Waals surface area (Å²) in [6, 6.07) is 11.8. The van der Waals surface area contributed by atoms with Crippen molar-refractivity contribution in [2.24, 2.45) is 0 Å². The molecular formula is C18H15BrFN3O. The Hall–Kier alpha value is -2.47. The molecule has 0 spiro atoms. The smallest absolute Gasteiger partial charge is 0.259 e. The minimum absolute atomic E-state index is 0.0158. The maximum atomic E-state index is 13.9. The first-order valence-electron chi connectivity index (χ1n) is 7.47. The molecule has 3 rings (SSSR count). The Labute approximate surface area is 147 Å². The van der Waals surface area contributed by atoms with Crippen LogP contribution in [-0.4, -0.2) is 15.5 Å². The molecule has 1 aromatic heterocycles. The van der Waals surface area contributed by atoms with Gasteiger partial charge in [-0.25, -0.2) is 9.37 Å². The Morgan fingerprint density at radius 1 is 1.29 bits per heavy atom. The highest BCUT2D eigenvalue weighted by Gasteiger charge is 2.16. The molecule has 1 N–H and O–H groups in total. The lowest BCUT2D eigenvalue weighted by atomic mass is 10.1. The number of aryl methyl sites for hydroxylation is 1. The van der Waals surface area contributed by atoms with Crippen molar-refractivity contribution in [3.05, 3.63) is 70.7 Å². The lowest BCUT2D eigenvalue weighted by molar-refractivity contribution is 0.102. The second-order valence-corrected chi connectivity index (χ2v) is 6.02. The number of imidazole rings is 1. The van der Waals surface area contributed by atoms with E-state index in [1.165, 1.54) is 6.07 Å². The molecule has 0 saturated heterocycles. The van der Waals surface area contributed by atoms with E-state index in [-0.39, 0.29) is 5.56 Å². The number of hydrogen-bond acceptors (Lipinski definition) is 2. The number of amides is 1. The molecule has 0 aliphatic carbocycles. The molecule has 0 radical (unpaired) electrons. The van der Waals surface area contributed by atoms with Gasteiger partial charge < -0.3 is 9.88 Å². The molecule has 0 aliphatic rings. The van der Waals surface area contributed by atoms with Crippen LogP contribution in [0.5, 0.6) is 0 Å². The Bertz CT molecular complexity index is 871. The first-order chi connectivity index (χ1) is 11.6. The molecule has 0 saturated carbocycles. The Morgan fingerprint density at radius 2 is 2.08 bits per heavy atom. The Kier molecular flexibility index (Phi) is 4.76. The van der Waals surface area contributed by atoms with Gasteiger partial charge in [-0.3, -0.25) is 4.79 Å². The number of aromatic nitrogens is 2.